The zero-order valence-electron chi connectivity index (χ0n) is 8.61. The molecule has 0 saturated carbocycles. The molecule has 0 atom stereocenters. The highest BCUT2D eigenvalue weighted by Crippen LogP contribution is 2.22. The molecular weight excluding hydrogens is 336 g/mol. The minimum Gasteiger partial charge on any atom is -0.339 e. The van der Waals surface area contributed by atoms with E-state index in [1.807, 2.05) is 22.6 Å². The summed E-state index contributed by atoms with van der Waals surface area (Å²) in [6, 6.07) is 6.16. The van der Waals surface area contributed by atoms with Crippen LogP contribution in [0.15, 0.2) is 30.5 Å². The third-order valence-corrected chi connectivity index (χ3v) is 2.87. The molecule has 1 aromatic carbocycles. The molecule has 0 spiro atoms. The molecule has 4 N–H and O–H groups in total. The number of nitrogen functional groups attached to an aromatic ring is 1. The number of rotatable bonds is 3. The predicted molar refractivity (Wildman–Crippen MR) is 72.2 cm³/mol. The van der Waals surface area contributed by atoms with E-state index >= 15 is 0 Å². The maximum Gasteiger partial charge on any atom is 0.239 e. The average molecular weight is 345 g/mol. The van der Waals surface area contributed by atoms with Crippen molar-refractivity contribution in [2.24, 2.45) is 5.84 Å². The van der Waals surface area contributed by atoms with E-state index in [9.17, 15) is 4.39 Å². The first-order chi connectivity index (χ1) is 8.19. The molecule has 0 unspecified atom stereocenters. The quantitative estimate of drug-likeness (QED) is 0.452. The van der Waals surface area contributed by atoms with Gasteiger partial charge in [-0.25, -0.2) is 15.2 Å². The number of hydrogen-bond acceptors (Lipinski definition) is 5. The Kier molecular flexibility index (Phi) is 3.69. The third kappa shape index (κ3) is 3.01. The van der Waals surface area contributed by atoms with E-state index in [2.05, 4.69) is 20.7 Å². The van der Waals surface area contributed by atoms with Crippen LogP contribution in [0.25, 0.3) is 0 Å². The number of halogens is 2. The molecule has 0 aliphatic carbocycles. The van der Waals surface area contributed by atoms with Gasteiger partial charge in [-0.3, -0.25) is 5.43 Å². The van der Waals surface area contributed by atoms with Gasteiger partial charge in [0, 0.05) is 9.77 Å². The Morgan fingerprint density at radius 3 is 2.82 bits per heavy atom. The Morgan fingerprint density at radius 2 is 2.12 bits per heavy atom. The molecule has 7 heteroatoms. The molecule has 0 bridgehead atoms. The van der Waals surface area contributed by atoms with Crippen molar-refractivity contribution in [3.63, 3.8) is 0 Å². The SMILES string of the molecule is NNc1nccc(Nc2ccc(F)cc2I)n1. The molecule has 0 aliphatic rings. The van der Waals surface area contributed by atoms with Gasteiger partial charge in [0.1, 0.15) is 11.6 Å². The normalized spacial score (nSPS) is 10.1. The monoisotopic (exact) mass is 345 g/mol. The number of nitrogens with two attached hydrogens (primary N) is 1. The molecular formula is C10H9FIN5. The Hall–Kier alpha value is -1.48. The molecule has 0 fully saturated rings. The maximum absolute atomic E-state index is 12.9. The fourth-order valence-electron chi connectivity index (χ4n) is 1.23. The van der Waals surface area contributed by atoms with Gasteiger partial charge in [0.25, 0.3) is 0 Å². The highest BCUT2D eigenvalue weighted by molar-refractivity contribution is 14.1. The zero-order valence-corrected chi connectivity index (χ0v) is 10.8. The van der Waals surface area contributed by atoms with Crippen LogP contribution in [0.4, 0.5) is 21.8 Å². The first-order valence-corrected chi connectivity index (χ1v) is 5.78. The first-order valence-electron chi connectivity index (χ1n) is 4.71. The maximum atomic E-state index is 12.9. The summed E-state index contributed by atoms with van der Waals surface area (Å²) in [5.74, 6) is 5.83. The Morgan fingerprint density at radius 1 is 1.29 bits per heavy atom. The van der Waals surface area contributed by atoms with Crippen LogP contribution < -0.4 is 16.6 Å². The van der Waals surface area contributed by atoms with E-state index in [1.165, 1.54) is 12.1 Å². The lowest BCUT2D eigenvalue weighted by molar-refractivity contribution is 0.627. The minimum absolute atomic E-state index is 0.271. The van der Waals surface area contributed by atoms with Crippen LogP contribution in [0.2, 0.25) is 0 Å². The van der Waals surface area contributed by atoms with Gasteiger partial charge in [-0.2, -0.15) is 4.98 Å². The number of aromatic nitrogens is 2. The van der Waals surface area contributed by atoms with Gasteiger partial charge in [0.15, 0.2) is 0 Å². The minimum atomic E-state index is -0.271. The van der Waals surface area contributed by atoms with Crippen molar-refractivity contribution >= 4 is 40.0 Å². The van der Waals surface area contributed by atoms with Crippen molar-refractivity contribution in [3.05, 3.63) is 39.8 Å². The molecule has 1 aromatic heterocycles. The van der Waals surface area contributed by atoms with Crippen LogP contribution in [0.3, 0.4) is 0 Å². The van der Waals surface area contributed by atoms with Gasteiger partial charge in [-0.15, -0.1) is 0 Å². The Bertz CT molecular complexity index is 534. The topological polar surface area (TPSA) is 75.9 Å². The second kappa shape index (κ2) is 5.23. The zero-order chi connectivity index (χ0) is 12.3. The number of hydrazine groups is 1. The molecule has 17 heavy (non-hydrogen) atoms. The van der Waals surface area contributed by atoms with Gasteiger partial charge in [-0.1, -0.05) is 0 Å². The number of hydrogen-bond donors (Lipinski definition) is 3. The van der Waals surface area contributed by atoms with Crippen molar-refractivity contribution in [1.29, 1.82) is 0 Å². The van der Waals surface area contributed by atoms with Crippen molar-refractivity contribution in [2.75, 3.05) is 10.7 Å². The second-order valence-corrected chi connectivity index (χ2v) is 4.32. The smallest absolute Gasteiger partial charge is 0.239 e. The average Bonchev–Trinajstić information content (AvgIpc) is 2.33. The van der Waals surface area contributed by atoms with Crippen molar-refractivity contribution in [1.82, 2.24) is 9.97 Å². The van der Waals surface area contributed by atoms with Crippen molar-refractivity contribution < 1.29 is 4.39 Å². The summed E-state index contributed by atoms with van der Waals surface area (Å²) >= 11 is 2.04. The van der Waals surface area contributed by atoms with E-state index in [4.69, 9.17) is 5.84 Å². The predicted octanol–water partition coefficient (Wildman–Crippen LogP) is 2.25. The van der Waals surface area contributed by atoms with E-state index in [-0.39, 0.29) is 5.82 Å². The van der Waals surface area contributed by atoms with Crippen LogP contribution >= 0.6 is 22.6 Å². The largest absolute Gasteiger partial charge is 0.339 e. The molecule has 0 saturated heterocycles. The highest BCUT2D eigenvalue weighted by Gasteiger charge is 2.03. The summed E-state index contributed by atoms with van der Waals surface area (Å²) in [6.07, 6.45) is 1.57. The number of anilines is 3. The van der Waals surface area contributed by atoms with E-state index < -0.39 is 0 Å². The van der Waals surface area contributed by atoms with E-state index in [1.54, 1.807) is 18.3 Å². The lowest BCUT2D eigenvalue weighted by atomic mass is 10.3. The standard InChI is InChI=1S/C10H9FIN5/c11-6-1-2-8(7(12)5-6)15-9-3-4-14-10(16-9)17-13/h1-5H,13H2,(H2,14,15,16,17). The third-order valence-electron chi connectivity index (χ3n) is 1.98. The second-order valence-electron chi connectivity index (χ2n) is 3.16. The summed E-state index contributed by atoms with van der Waals surface area (Å²) in [7, 11) is 0. The van der Waals surface area contributed by atoms with Crippen molar-refractivity contribution in [3.8, 4) is 0 Å². The molecule has 0 aliphatic heterocycles. The summed E-state index contributed by atoms with van der Waals surface area (Å²) < 4.78 is 13.7. The fraction of sp³-hybridized carbons (Fsp3) is 0. The first kappa shape index (κ1) is 12.0. The van der Waals surface area contributed by atoms with Gasteiger partial charge < -0.3 is 5.32 Å². The van der Waals surface area contributed by atoms with Gasteiger partial charge in [0.05, 0.1) is 5.69 Å². The van der Waals surface area contributed by atoms with Gasteiger partial charge in [0.2, 0.25) is 5.95 Å². The number of benzene rings is 1. The highest BCUT2D eigenvalue weighted by atomic mass is 127. The molecule has 2 aromatic rings. The van der Waals surface area contributed by atoms with Crippen LogP contribution in [-0.4, -0.2) is 9.97 Å². The number of nitrogens with one attached hydrogen (secondary N) is 2. The Labute approximate surface area is 111 Å². The molecule has 5 nitrogen and oxygen atoms in total. The molecule has 1 heterocycles. The van der Waals surface area contributed by atoms with Crippen LogP contribution in [0, 0.1) is 9.39 Å². The van der Waals surface area contributed by atoms with Crippen LogP contribution in [-0.2, 0) is 0 Å². The summed E-state index contributed by atoms with van der Waals surface area (Å²) in [5, 5.41) is 3.05. The van der Waals surface area contributed by atoms with E-state index in [0.717, 1.165) is 9.26 Å². The lowest BCUT2D eigenvalue weighted by Crippen LogP contribution is -2.11. The summed E-state index contributed by atoms with van der Waals surface area (Å²) in [6.45, 7) is 0. The number of nitrogens with zero attached hydrogens (tertiary/aromatic N) is 2. The fourth-order valence-corrected chi connectivity index (χ4v) is 1.84. The molecule has 0 radical (unpaired) electrons. The lowest BCUT2D eigenvalue weighted by Gasteiger charge is -2.08. The van der Waals surface area contributed by atoms with E-state index in [0.29, 0.717) is 11.8 Å². The Balaban J connectivity index is 2.25. The van der Waals surface area contributed by atoms with Gasteiger partial charge in [-0.05, 0) is 46.9 Å². The molecule has 2 rings (SSSR count). The summed E-state index contributed by atoms with van der Waals surface area (Å²) in [5.41, 5.74) is 3.12. The van der Waals surface area contributed by atoms with Crippen LogP contribution in [0.5, 0.6) is 0 Å². The molecule has 0 amide bonds. The van der Waals surface area contributed by atoms with Crippen molar-refractivity contribution in [2.45, 2.75) is 0 Å². The van der Waals surface area contributed by atoms with Crippen LogP contribution in [0.1, 0.15) is 0 Å². The molecule has 88 valence electrons. The summed E-state index contributed by atoms with van der Waals surface area (Å²) in [4.78, 5) is 7.98. The van der Waals surface area contributed by atoms with Gasteiger partial charge >= 0.3 is 0 Å².